The molecular formula is C12H17N3O3S2. The zero-order chi connectivity index (χ0) is 15.3. The Morgan fingerprint density at radius 3 is 2.35 bits per heavy atom. The van der Waals surface area contributed by atoms with Crippen molar-refractivity contribution in [2.45, 2.75) is 11.8 Å². The summed E-state index contributed by atoms with van der Waals surface area (Å²) in [6, 6.07) is 5.84. The van der Waals surface area contributed by atoms with Crippen molar-refractivity contribution in [2.75, 3.05) is 20.1 Å². The highest BCUT2D eigenvalue weighted by molar-refractivity contribution is 7.89. The second-order valence-electron chi connectivity index (χ2n) is 4.12. The molecule has 0 saturated heterocycles. The van der Waals surface area contributed by atoms with Crippen LogP contribution < -0.4 is 10.5 Å². The molecule has 0 spiro atoms. The largest absolute Gasteiger partial charge is 0.389 e. The van der Waals surface area contributed by atoms with Crippen molar-refractivity contribution in [3.8, 4) is 0 Å². The molecule has 0 saturated carbocycles. The van der Waals surface area contributed by atoms with Gasteiger partial charge in [-0.1, -0.05) is 24.4 Å². The molecule has 20 heavy (non-hydrogen) atoms. The molecule has 0 unspecified atom stereocenters. The smallest absolute Gasteiger partial charge is 0.241 e. The first-order chi connectivity index (χ1) is 9.27. The minimum absolute atomic E-state index is 0.0597. The van der Waals surface area contributed by atoms with E-state index < -0.39 is 10.0 Å². The Hall–Kier alpha value is -1.51. The van der Waals surface area contributed by atoms with E-state index in [0.29, 0.717) is 12.1 Å². The second-order valence-corrected chi connectivity index (χ2v) is 6.33. The lowest BCUT2D eigenvalue weighted by atomic mass is 10.2. The summed E-state index contributed by atoms with van der Waals surface area (Å²) in [6.45, 7) is 2.05. The Morgan fingerprint density at radius 2 is 1.90 bits per heavy atom. The molecule has 0 aliphatic heterocycles. The molecule has 0 fully saturated rings. The van der Waals surface area contributed by atoms with Gasteiger partial charge in [-0.3, -0.25) is 4.79 Å². The molecule has 1 aromatic carbocycles. The van der Waals surface area contributed by atoms with E-state index in [9.17, 15) is 13.2 Å². The van der Waals surface area contributed by atoms with Crippen LogP contribution in [0.1, 0.15) is 12.5 Å². The van der Waals surface area contributed by atoms with Gasteiger partial charge in [0, 0.05) is 19.2 Å². The number of benzene rings is 1. The van der Waals surface area contributed by atoms with Crippen molar-refractivity contribution in [3.63, 3.8) is 0 Å². The average Bonchev–Trinajstić information content (AvgIpc) is 2.44. The van der Waals surface area contributed by atoms with Gasteiger partial charge < -0.3 is 10.6 Å². The third-order valence-corrected chi connectivity index (χ3v) is 4.42. The summed E-state index contributed by atoms with van der Waals surface area (Å²) in [5.41, 5.74) is 6.02. The van der Waals surface area contributed by atoms with Crippen LogP contribution in [-0.2, 0) is 14.8 Å². The summed E-state index contributed by atoms with van der Waals surface area (Å²) < 4.78 is 26.2. The number of thiocarbonyl (C=S) groups is 1. The van der Waals surface area contributed by atoms with E-state index in [4.69, 9.17) is 18.0 Å². The number of rotatable bonds is 6. The standard InChI is InChI=1S/C12H17N3O3S2/c1-3-15(2)11(16)8-14-20(17,18)10-6-4-9(5-7-10)12(13)19/h4-7,14H,3,8H2,1-2H3,(H2,13,19). The van der Waals surface area contributed by atoms with Gasteiger partial charge in [-0.2, -0.15) is 0 Å². The lowest BCUT2D eigenvalue weighted by Gasteiger charge is -2.14. The molecule has 1 amide bonds. The summed E-state index contributed by atoms with van der Waals surface area (Å²) in [4.78, 5) is 13.2. The first-order valence-electron chi connectivity index (χ1n) is 5.91. The normalized spacial score (nSPS) is 11.1. The number of nitrogens with one attached hydrogen (secondary N) is 1. The van der Waals surface area contributed by atoms with Crippen LogP contribution in [0.25, 0.3) is 0 Å². The fourth-order valence-electron chi connectivity index (χ4n) is 1.35. The SMILES string of the molecule is CCN(C)C(=O)CNS(=O)(=O)c1ccc(C(N)=S)cc1. The van der Waals surface area contributed by atoms with Crippen LogP contribution in [0.2, 0.25) is 0 Å². The quantitative estimate of drug-likeness (QED) is 0.725. The zero-order valence-corrected chi connectivity index (χ0v) is 12.9. The highest BCUT2D eigenvalue weighted by Crippen LogP contribution is 2.10. The number of amides is 1. The summed E-state index contributed by atoms with van der Waals surface area (Å²) in [5.74, 6) is -0.296. The minimum Gasteiger partial charge on any atom is -0.389 e. The summed E-state index contributed by atoms with van der Waals surface area (Å²) in [6.07, 6.45) is 0. The Kier molecular flexibility index (Phi) is 5.61. The summed E-state index contributed by atoms with van der Waals surface area (Å²) in [7, 11) is -2.12. The Balaban J connectivity index is 2.79. The van der Waals surface area contributed by atoms with Gasteiger partial charge in [0.15, 0.2) is 0 Å². The minimum atomic E-state index is -3.72. The van der Waals surface area contributed by atoms with Gasteiger partial charge in [-0.25, -0.2) is 13.1 Å². The van der Waals surface area contributed by atoms with Gasteiger partial charge in [0.2, 0.25) is 15.9 Å². The Bertz CT molecular complexity index is 597. The van der Waals surface area contributed by atoms with Gasteiger partial charge in [0.25, 0.3) is 0 Å². The predicted octanol–water partition coefficient (Wildman–Crippen LogP) is 0.0774. The van der Waals surface area contributed by atoms with E-state index >= 15 is 0 Å². The zero-order valence-electron chi connectivity index (χ0n) is 11.3. The van der Waals surface area contributed by atoms with E-state index in [0.717, 1.165) is 0 Å². The van der Waals surface area contributed by atoms with Crippen LogP contribution in [0, 0.1) is 0 Å². The van der Waals surface area contributed by atoms with E-state index in [2.05, 4.69) is 4.72 Å². The van der Waals surface area contributed by atoms with Crippen molar-refractivity contribution in [1.29, 1.82) is 0 Å². The maximum atomic E-state index is 12.0. The van der Waals surface area contributed by atoms with Crippen LogP contribution in [0.5, 0.6) is 0 Å². The molecule has 0 bridgehead atoms. The van der Waals surface area contributed by atoms with E-state index in [-0.39, 0.29) is 22.3 Å². The third kappa shape index (κ3) is 4.26. The fraction of sp³-hybridized carbons (Fsp3) is 0.333. The molecule has 0 heterocycles. The average molecular weight is 315 g/mol. The van der Waals surface area contributed by atoms with Crippen LogP contribution in [0.15, 0.2) is 29.2 Å². The molecule has 0 aliphatic carbocycles. The fourth-order valence-corrected chi connectivity index (χ4v) is 2.46. The maximum absolute atomic E-state index is 12.0. The molecule has 6 nitrogen and oxygen atoms in total. The van der Waals surface area contributed by atoms with Gasteiger partial charge in [0.1, 0.15) is 4.99 Å². The lowest BCUT2D eigenvalue weighted by Crippen LogP contribution is -2.37. The number of nitrogens with two attached hydrogens (primary N) is 1. The summed E-state index contributed by atoms with van der Waals surface area (Å²) >= 11 is 4.79. The molecular weight excluding hydrogens is 298 g/mol. The van der Waals surface area contributed by atoms with Crippen LogP contribution in [0.3, 0.4) is 0 Å². The third-order valence-electron chi connectivity index (χ3n) is 2.76. The molecule has 110 valence electrons. The first-order valence-corrected chi connectivity index (χ1v) is 7.80. The molecule has 1 aromatic rings. The highest BCUT2D eigenvalue weighted by atomic mass is 32.2. The Morgan fingerprint density at radius 1 is 1.35 bits per heavy atom. The van der Waals surface area contributed by atoms with Gasteiger partial charge in [-0.05, 0) is 19.1 Å². The van der Waals surface area contributed by atoms with Gasteiger partial charge in [0.05, 0.1) is 11.4 Å². The van der Waals surface area contributed by atoms with Crippen molar-refractivity contribution < 1.29 is 13.2 Å². The lowest BCUT2D eigenvalue weighted by molar-refractivity contribution is -0.128. The molecule has 0 radical (unpaired) electrons. The molecule has 1 rings (SSSR count). The summed E-state index contributed by atoms with van der Waals surface area (Å²) in [5, 5.41) is 0. The topological polar surface area (TPSA) is 92.5 Å². The van der Waals surface area contributed by atoms with Crippen LogP contribution >= 0.6 is 12.2 Å². The molecule has 3 N–H and O–H groups in total. The number of sulfonamides is 1. The number of hydrogen-bond acceptors (Lipinski definition) is 4. The Labute approximate surface area is 124 Å². The van der Waals surface area contributed by atoms with E-state index in [1.807, 2.05) is 0 Å². The van der Waals surface area contributed by atoms with E-state index in [1.165, 1.54) is 29.2 Å². The van der Waals surface area contributed by atoms with Crippen molar-refractivity contribution >= 4 is 33.1 Å². The van der Waals surface area contributed by atoms with Crippen molar-refractivity contribution in [2.24, 2.45) is 5.73 Å². The van der Waals surface area contributed by atoms with Crippen molar-refractivity contribution in [1.82, 2.24) is 9.62 Å². The monoisotopic (exact) mass is 315 g/mol. The molecule has 8 heteroatoms. The maximum Gasteiger partial charge on any atom is 0.241 e. The first kappa shape index (κ1) is 16.5. The molecule has 0 aromatic heterocycles. The van der Waals surface area contributed by atoms with Gasteiger partial charge in [-0.15, -0.1) is 0 Å². The number of likely N-dealkylation sites (N-methyl/N-ethyl adjacent to an activating group) is 1. The molecule has 0 aliphatic rings. The van der Waals surface area contributed by atoms with Crippen LogP contribution in [-0.4, -0.2) is 44.4 Å². The number of carbonyl (C=O) groups excluding carboxylic acids is 1. The number of hydrogen-bond donors (Lipinski definition) is 2. The number of nitrogens with zero attached hydrogens (tertiary/aromatic N) is 1. The van der Waals surface area contributed by atoms with Gasteiger partial charge >= 0.3 is 0 Å². The van der Waals surface area contributed by atoms with E-state index in [1.54, 1.807) is 14.0 Å². The highest BCUT2D eigenvalue weighted by Gasteiger charge is 2.16. The van der Waals surface area contributed by atoms with Crippen molar-refractivity contribution in [3.05, 3.63) is 29.8 Å². The van der Waals surface area contributed by atoms with Crippen LogP contribution in [0.4, 0.5) is 0 Å². The predicted molar refractivity (Wildman–Crippen MR) is 80.8 cm³/mol. The molecule has 0 atom stereocenters. The number of carbonyl (C=O) groups is 1. The second kappa shape index (κ2) is 6.78.